The molecule has 0 aliphatic carbocycles. The number of aromatic nitrogens is 2. The predicted molar refractivity (Wildman–Crippen MR) is 120 cm³/mol. The third-order valence-corrected chi connectivity index (χ3v) is 4.69. The van der Waals surface area contributed by atoms with Crippen LogP contribution in [0.1, 0.15) is 24.7 Å². The third-order valence-electron chi connectivity index (χ3n) is 4.69. The zero-order chi connectivity index (χ0) is 18.2. The van der Waals surface area contributed by atoms with Gasteiger partial charge >= 0.3 is 0 Å². The highest BCUT2D eigenvalue weighted by molar-refractivity contribution is 14.0. The monoisotopic (exact) mass is 483 g/mol. The van der Waals surface area contributed by atoms with Gasteiger partial charge in [-0.2, -0.15) is 0 Å². The average Bonchev–Trinajstić information content (AvgIpc) is 3.30. The van der Waals surface area contributed by atoms with Crippen molar-refractivity contribution in [1.29, 1.82) is 0 Å². The quantitative estimate of drug-likeness (QED) is 0.374. The Morgan fingerprint density at radius 3 is 2.89 bits per heavy atom. The van der Waals surface area contributed by atoms with Crippen LogP contribution in [0.3, 0.4) is 0 Å². The Morgan fingerprint density at radius 1 is 1.33 bits per heavy atom. The van der Waals surface area contributed by atoms with E-state index in [-0.39, 0.29) is 24.0 Å². The number of hydrogen-bond acceptors (Lipinski definition) is 3. The Hall–Kier alpha value is -1.61. The standard InChI is InChI=1S/C20H29N5O.HI/c1-3-21-20(25-11-9-18(15-25)16-26-2)23-13-19-22-10-12-24(19)14-17-7-5-4-6-8-17;/h4-8,10,12,18H,3,9,11,13-16H2,1-2H3,(H,21,23);1H. The number of imidazole rings is 1. The molecule has 1 N–H and O–H groups in total. The Kier molecular flexibility index (Phi) is 9.06. The minimum absolute atomic E-state index is 0. The van der Waals surface area contributed by atoms with Crippen LogP contribution in [0, 0.1) is 5.92 Å². The summed E-state index contributed by atoms with van der Waals surface area (Å²) in [5.41, 5.74) is 1.27. The number of hydrogen-bond donors (Lipinski definition) is 1. The summed E-state index contributed by atoms with van der Waals surface area (Å²) in [4.78, 5) is 11.7. The zero-order valence-corrected chi connectivity index (χ0v) is 18.5. The van der Waals surface area contributed by atoms with Gasteiger partial charge < -0.3 is 19.5 Å². The molecule has 6 nitrogen and oxygen atoms in total. The van der Waals surface area contributed by atoms with Crippen LogP contribution in [0.25, 0.3) is 0 Å². The summed E-state index contributed by atoms with van der Waals surface area (Å²) in [5, 5.41) is 3.42. The molecule has 7 heteroatoms. The second-order valence-electron chi connectivity index (χ2n) is 6.68. The van der Waals surface area contributed by atoms with E-state index in [0.29, 0.717) is 12.5 Å². The normalized spacial score (nSPS) is 17.0. The van der Waals surface area contributed by atoms with Crippen molar-refractivity contribution in [3.05, 3.63) is 54.1 Å². The predicted octanol–water partition coefficient (Wildman–Crippen LogP) is 2.98. The van der Waals surface area contributed by atoms with Gasteiger partial charge in [-0.1, -0.05) is 30.3 Å². The second kappa shape index (κ2) is 11.3. The number of methoxy groups -OCH3 is 1. The van der Waals surface area contributed by atoms with E-state index >= 15 is 0 Å². The lowest BCUT2D eigenvalue weighted by Gasteiger charge is -2.21. The molecule has 0 radical (unpaired) electrons. The molecule has 2 heterocycles. The molecular formula is C20H30IN5O. The van der Waals surface area contributed by atoms with E-state index in [0.717, 1.165) is 51.0 Å². The van der Waals surface area contributed by atoms with E-state index in [1.54, 1.807) is 7.11 Å². The molecule has 3 rings (SSSR count). The first kappa shape index (κ1) is 21.7. The third kappa shape index (κ3) is 6.21. The van der Waals surface area contributed by atoms with Crippen molar-refractivity contribution in [2.45, 2.75) is 26.4 Å². The van der Waals surface area contributed by atoms with Crippen LogP contribution in [-0.2, 0) is 17.8 Å². The molecule has 1 aliphatic heterocycles. The van der Waals surface area contributed by atoms with Crippen molar-refractivity contribution in [1.82, 2.24) is 19.8 Å². The fourth-order valence-electron chi connectivity index (χ4n) is 3.38. The maximum absolute atomic E-state index is 5.30. The molecule has 1 fully saturated rings. The number of likely N-dealkylation sites (tertiary alicyclic amines) is 1. The first-order valence-electron chi connectivity index (χ1n) is 9.36. The molecule has 0 spiro atoms. The number of halogens is 1. The lowest BCUT2D eigenvalue weighted by atomic mass is 10.1. The van der Waals surface area contributed by atoms with Gasteiger partial charge in [0.05, 0.1) is 6.61 Å². The van der Waals surface area contributed by atoms with Gasteiger partial charge in [-0.05, 0) is 18.9 Å². The summed E-state index contributed by atoms with van der Waals surface area (Å²) in [6, 6.07) is 10.4. The van der Waals surface area contributed by atoms with Crippen LogP contribution >= 0.6 is 24.0 Å². The number of ether oxygens (including phenoxy) is 1. The first-order valence-corrected chi connectivity index (χ1v) is 9.36. The smallest absolute Gasteiger partial charge is 0.194 e. The fraction of sp³-hybridized carbons (Fsp3) is 0.500. The molecule has 1 aromatic heterocycles. The molecule has 1 saturated heterocycles. The first-order chi connectivity index (χ1) is 12.8. The maximum atomic E-state index is 5.30. The van der Waals surface area contributed by atoms with E-state index < -0.39 is 0 Å². The number of nitrogens with zero attached hydrogens (tertiary/aromatic N) is 4. The van der Waals surface area contributed by atoms with Gasteiger partial charge in [0.25, 0.3) is 0 Å². The minimum atomic E-state index is 0. The Balaban J connectivity index is 0.00000261. The van der Waals surface area contributed by atoms with Crippen molar-refractivity contribution in [3.8, 4) is 0 Å². The molecule has 2 aromatic rings. The second-order valence-corrected chi connectivity index (χ2v) is 6.68. The molecule has 1 aromatic carbocycles. The Morgan fingerprint density at radius 2 is 2.15 bits per heavy atom. The van der Waals surface area contributed by atoms with Crippen molar-refractivity contribution >= 4 is 29.9 Å². The summed E-state index contributed by atoms with van der Waals surface area (Å²) in [5.74, 6) is 2.54. The van der Waals surface area contributed by atoms with Crippen LogP contribution in [0.2, 0.25) is 0 Å². The summed E-state index contributed by atoms with van der Waals surface area (Å²) in [7, 11) is 1.77. The van der Waals surface area contributed by atoms with Gasteiger partial charge in [-0.15, -0.1) is 24.0 Å². The van der Waals surface area contributed by atoms with Gasteiger partial charge in [0.15, 0.2) is 5.96 Å². The van der Waals surface area contributed by atoms with E-state index in [4.69, 9.17) is 9.73 Å². The van der Waals surface area contributed by atoms with Crippen LogP contribution in [0.4, 0.5) is 0 Å². The molecule has 0 saturated carbocycles. The van der Waals surface area contributed by atoms with Crippen molar-refractivity contribution in [3.63, 3.8) is 0 Å². The van der Waals surface area contributed by atoms with Gasteiger partial charge in [-0.25, -0.2) is 9.98 Å². The lowest BCUT2D eigenvalue weighted by Crippen LogP contribution is -2.40. The number of aliphatic imine (C=N–C) groups is 1. The SMILES string of the molecule is CCNC(=NCc1nccn1Cc1ccccc1)N1CCC(COC)C1.I. The van der Waals surface area contributed by atoms with Crippen LogP contribution in [0.15, 0.2) is 47.7 Å². The lowest BCUT2D eigenvalue weighted by molar-refractivity contribution is 0.157. The molecule has 0 bridgehead atoms. The molecule has 1 unspecified atom stereocenters. The Labute approximate surface area is 179 Å². The maximum Gasteiger partial charge on any atom is 0.194 e. The molecule has 0 amide bonds. The topological polar surface area (TPSA) is 54.7 Å². The summed E-state index contributed by atoms with van der Waals surface area (Å²) in [6.07, 6.45) is 5.03. The number of guanidine groups is 1. The molecule has 1 atom stereocenters. The summed E-state index contributed by atoms with van der Waals surface area (Å²) in [6.45, 7) is 7.21. The highest BCUT2D eigenvalue weighted by Crippen LogP contribution is 2.16. The van der Waals surface area contributed by atoms with Crippen molar-refractivity contribution in [2.75, 3.05) is 33.4 Å². The van der Waals surface area contributed by atoms with Crippen LogP contribution in [-0.4, -0.2) is 53.8 Å². The van der Waals surface area contributed by atoms with Crippen molar-refractivity contribution in [2.24, 2.45) is 10.9 Å². The molecule has 148 valence electrons. The van der Waals surface area contributed by atoms with Crippen LogP contribution in [0.5, 0.6) is 0 Å². The van der Waals surface area contributed by atoms with E-state index in [9.17, 15) is 0 Å². The number of benzene rings is 1. The fourth-order valence-corrected chi connectivity index (χ4v) is 3.38. The number of nitrogens with one attached hydrogen (secondary N) is 1. The molecule has 27 heavy (non-hydrogen) atoms. The van der Waals surface area contributed by atoms with E-state index in [1.165, 1.54) is 5.56 Å². The summed E-state index contributed by atoms with van der Waals surface area (Å²) < 4.78 is 7.47. The largest absolute Gasteiger partial charge is 0.384 e. The minimum Gasteiger partial charge on any atom is -0.384 e. The highest BCUT2D eigenvalue weighted by atomic mass is 127. The molecular weight excluding hydrogens is 453 g/mol. The van der Waals surface area contributed by atoms with E-state index in [1.807, 2.05) is 18.5 Å². The molecule has 1 aliphatic rings. The zero-order valence-electron chi connectivity index (χ0n) is 16.2. The average molecular weight is 483 g/mol. The van der Waals surface area contributed by atoms with Crippen molar-refractivity contribution < 1.29 is 4.74 Å². The Bertz CT molecular complexity index is 703. The van der Waals surface area contributed by atoms with Gasteiger partial charge in [0, 0.05) is 51.6 Å². The number of rotatable bonds is 7. The summed E-state index contributed by atoms with van der Waals surface area (Å²) >= 11 is 0. The van der Waals surface area contributed by atoms with Gasteiger partial charge in [-0.3, -0.25) is 0 Å². The van der Waals surface area contributed by atoms with E-state index in [2.05, 4.69) is 51.0 Å². The van der Waals surface area contributed by atoms with Crippen LogP contribution < -0.4 is 5.32 Å². The van der Waals surface area contributed by atoms with Gasteiger partial charge in [0.2, 0.25) is 0 Å². The highest BCUT2D eigenvalue weighted by Gasteiger charge is 2.24. The van der Waals surface area contributed by atoms with Gasteiger partial charge in [0.1, 0.15) is 12.4 Å².